The minimum atomic E-state index is -0.0346. The minimum absolute atomic E-state index is 0.0346. The molecule has 1 N–H and O–H groups in total. The summed E-state index contributed by atoms with van der Waals surface area (Å²) in [5.41, 5.74) is 2.00. The van der Waals surface area contributed by atoms with Gasteiger partial charge in [0, 0.05) is 41.1 Å². The van der Waals surface area contributed by atoms with Gasteiger partial charge in [-0.1, -0.05) is 18.1 Å². The molecule has 100 valence electrons. The Labute approximate surface area is 121 Å². The van der Waals surface area contributed by atoms with E-state index in [1.807, 2.05) is 24.3 Å². The molecule has 5 heteroatoms. The van der Waals surface area contributed by atoms with E-state index >= 15 is 0 Å². The lowest BCUT2D eigenvalue weighted by Crippen LogP contribution is -2.45. The Morgan fingerprint density at radius 3 is 2.63 bits per heavy atom. The summed E-state index contributed by atoms with van der Waals surface area (Å²) in [6.45, 7) is 3.08. The number of hydrogen-bond donors (Lipinski definition) is 1. The Hall–Kier alpha value is -1.51. The summed E-state index contributed by atoms with van der Waals surface area (Å²) in [7, 11) is 0. The second-order valence-electron chi connectivity index (χ2n) is 4.17. The topological polar surface area (TPSA) is 41.6 Å². The molecule has 2 rings (SSSR count). The molecule has 1 heterocycles. The molecule has 0 unspecified atom stereocenters. The van der Waals surface area contributed by atoms with Gasteiger partial charge in [-0.15, -0.1) is 0 Å². The van der Waals surface area contributed by atoms with E-state index in [9.17, 15) is 4.79 Å². The van der Waals surface area contributed by atoms with Crippen molar-refractivity contribution in [3.63, 3.8) is 0 Å². The van der Waals surface area contributed by atoms with E-state index in [1.165, 1.54) is 0 Å². The van der Waals surface area contributed by atoms with E-state index in [2.05, 4.69) is 32.0 Å². The van der Waals surface area contributed by atoms with Crippen molar-refractivity contribution in [3.05, 3.63) is 35.4 Å². The molecule has 0 bridgehead atoms. The molecule has 0 spiro atoms. The van der Waals surface area contributed by atoms with Crippen LogP contribution in [-0.4, -0.2) is 37.2 Å². The van der Waals surface area contributed by atoms with Crippen LogP contribution in [0.15, 0.2) is 24.3 Å². The second kappa shape index (κ2) is 7.17. The Morgan fingerprint density at radius 2 is 2.00 bits per heavy atom. The average molecular weight is 323 g/mol. The second-order valence-corrected chi connectivity index (χ2v) is 4.57. The number of carbonyl (C=O) groups is 1. The van der Waals surface area contributed by atoms with E-state index < -0.39 is 0 Å². The lowest BCUT2D eigenvalue weighted by atomic mass is 10.1. The third-order valence-electron chi connectivity index (χ3n) is 2.89. The molecule has 1 aliphatic heterocycles. The number of morpholine rings is 1. The van der Waals surface area contributed by atoms with Gasteiger partial charge in [0.05, 0.1) is 13.2 Å². The zero-order valence-corrected chi connectivity index (χ0v) is 12.1. The smallest absolute Gasteiger partial charge is 0.317 e. The number of nitrogens with zero attached hydrogens (tertiary/aromatic N) is 1. The van der Waals surface area contributed by atoms with Gasteiger partial charge in [0.15, 0.2) is 0 Å². The fourth-order valence-corrected chi connectivity index (χ4v) is 2.05. The van der Waals surface area contributed by atoms with Gasteiger partial charge < -0.3 is 15.0 Å². The fourth-order valence-electron chi connectivity index (χ4n) is 1.82. The molecule has 2 amide bonds. The van der Waals surface area contributed by atoms with Gasteiger partial charge in [0.1, 0.15) is 0 Å². The summed E-state index contributed by atoms with van der Waals surface area (Å²) in [5, 5.41) is 2.91. The molecule has 0 radical (unpaired) electrons. The van der Waals surface area contributed by atoms with Crippen LogP contribution in [-0.2, 0) is 11.3 Å². The van der Waals surface area contributed by atoms with Crippen LogP contribution in [0.3, 0.4) is 0 Å². The number of ether oxygens (including phenoxy) is 1. The molecule has 0 aliphatic carbocycles. The van der Waals surface area contributed by atoms with Gasteiger partial charge in [-0.3, -0.25) is 0 Å². The number of nitrogens with one attached hydrogen (secondary N) is 1. The molecule has 0 saturated carbocycles. The van der Waals surface area contributed by atoms with Gasteiger partial charge in [-0.05, 0) is 22.5 Å². The van der Waals surface area contributed by atoms with Crippen LogP contribution in [0.2, 0.25) is 0 Å². The molecule has 1 saturated heterocycles. The van der Waals surface area contributed by atoms with E-state index in [0.717, 1.165) is 11.1 Å². The predicted octanol–water partition coefficient (Wildman–Crippen LogP) is 1.93. The SMILES string of the molecule is O=C(NCc1ccc(C#CBr)cc1)N1CCOCC1. The summed E-state index contributed by atoms with van der Waals surface area (Å²) in [5.74, 6) is 2.91. The van der Waals surface area contributed by atoms with Crippen LogP contribution >= 0.6 is 15.9 Å². The Balaban J connectivity index is 1.83. The first kappa shape index (κ1) is 13.9. The summed E-state index contributed by atoms with van der Waals surface area (Å²) in [6.07, 6.45) is 0. The van der Waals surface area contributed by atoms with Crippen molar-refractivity contribution in [2.24, 2.45) is 0 Å². The summed E-state index contributed by atoms with van der Waals surface area (Å²) in [6, 6.07) is 7.76. The van der Waals surface area contributed by atoms with Crippen LogP contribution in [0.4, 0.5) is 4.79 Å². The molecule has 4 nitrogen and oxygen atoms in total. The summed E-state index contributed by atoms with van der Waals surface area (Å²) in [4.78, 5) is 16.3. The lowest BCUT2D eigenvalue weighted by molar-refractivity contribution is 0.0531. The van der Waals surface area contributed by atoms with E-state index in [4.69, 9.17) is 4.74 Å². The van der Waals surface area contributed by atoms with Gasteiger partial charge in [0.25, 0.3) is 0 Å². The van der Waals surface area contributed by atoms with Crippen LogP contribution in [0.1, 0.15) is 11.1 Å². The Kier molecular flexibility index (Phi) is 5.25. The molecule has 19 heavy (non-hydrogen) atoms. The maximum absolute atomic E-state index is 11.9. The molecule has 1 aromatic carbocycles. The van der Waals surface area contributed by atoms with Crippen molar-refractivity contribution in [1.29, 1.82) is 0 Å². The van der Waals surface area contributed by atoms with Crippen molar-refractivity contribution < 1.29 is 9.53 Å². The third kappa shape index (κ3) is 4.27. The highest BCUT2D eigenvalue weighted by Crippen LogP contribution is 2.04. The zero-order valence-electron chi connectivity index (χ0n) is 10.5. The molecule has 1 aliphatic rings. The monoisotopic (exact) mass is 322 g/mol. The lowest BCUT2D eigenvalue weighted by Gasteiger charge is -2.26. The van der Waals surface area contributed by atoms with Crippen molar-refractivity contribution in [3.8, 4) is 10.8 Å². The molecular formula is C14H15BrN2O2. The van der Waals surface area contributed by atoms with Gasteiger partial charge in [-0.25, -0.2) is 4.79 Å². The van der Waals surface area contributed by atoms with Crippen molar-refractivity contribution >= 4 is 22.0 Å². The number of urea groups is 1. The first-order valence-corrected chi connectivity index (χ1v) is 6.90. The van der Waals surface area contributed by atoms with Gasteiger partial charge >= 0.3 is 6.03 Å². The normalized spacial score (nSPS) is 14.5. The number of amides is 2. The van der Waals surface area contributed by atoms with Gasteiger partial charge in [-0.2, -0.15) is 0 Å². The number of halogens is 1. The van der Waals surface area contributed by atoms with E-state index in [-0.39, 0.29) is 6.03 Å². The Morgan fingerprint density at radius 1 is 1.32 bits per heavy atom. The van der Waals surface area contributed by atoms with Crippen LogP contribution in [0.25, 0.3) is 0 Å². The van der Waals surface area contributed by atoms with Crippen molar-refractivity contribution in [1.82, 2.24) is 10.2 Å². The van der Waals surface area contributed by atoms with Crippen LogP contribution in [0, 0.1) is 10.8 Å². The highest BCUT2D eigenvalue weighted by molar-refractivity contribution is 9.12. The highest BCUT2D eigenvalue weighted by Gasteiger charge is 2.15. The molecule has 0 aromatic heterocycles. The van der Waals surface area contributed by atoms with Crippen molar-refractivity contribution in [2.45, 2.75) is 6.54 Å². The van der Waals surface area contributed by atoms with Crippen LogP contribution in [0.5, 0.6) is 0 Å². The number of benzene rings is 1. The number of rotatable bonds is 2. The van der Waals surface area contributed by atoms with E-state index in [1.54, 1.807) is 4.90 Å². The predicted molar refractivity (Wildman–Crippen MR) is 76.9 cm³/mol. The van der Waals surface area contributed by atoms with E-state index in [0.29, 0.717) is 32.8 Å². The zero-order chi connectivity index (χ0) is 13.5. The molecular weight excluding hydrogens is 308 g/mol. The average Bonchev–Trinajstić information content (AvgIpc) is 2.47. The standard InChI is InChI=1S/C14H15BrN2O2/c15-6-5-12-1-3-13(4-2-12)11-16-14(18)17-7-9-19-10-8-17/h1-4H,7-11H2,(H,16,18). The minimum Gasteiger partial charge on any atom is -0.378 e. The number of carbonyl (C=O) groups excluding carboxylic acids is 1. The summed E-state index contributed by atoms with van der Waals surface area (Å²) >= 11 is 3.06. The van der Waals surface area contributed by atoms with Crippen molar-refractivity contribution in [2.75, 3.05) is 26.3 Å². The first-order valence-electron chi connectivity index (χ1n) is 6.10. The largest absolute Gasteiger partial charge is 0.378 e. The molecule has 0 atom stereocenters. The maximum atomic E-state index is 11.9. The Bertz CT molecular complexity index is 484. The fraction of sp³-hybridized carbons (Fsp3) is 0.357. The maximum Gasteiger partial charge on any atom is 0.317 e. The molecule has 1 aromatic rings. The highest BCUT2D eigenvalue weighted by atomic mass is 79.9. The van der Waals surface area contributed by atoms with Gasteiger partial charge in [0.2, 0.25) is 0 Å². The molecule has 1 fully saturated rings. The summed E-state index contributed by atoms with van der Waals surface area (Å²) < 4.78 is 5.21. The first-order chi connectivity index (χ1) is 9.29. The van der Waals surface area contributed by atoms with Crippen LogP contribution < -0.4 is 5.32 Å². The quantitative estimate of drug-likeness (QED) is 0.845. The third-order valence-corrected chi connectivity index (χ3v) is 3.09. The number of hydrogen-bond acceptors (Lipinski definition) is 2.